The van der Waals surface area contributed by atoms with Gasteiger partial charge in [0.05, 0.1) is 24.7 Å². The molecule has 2 aromatic heterocycles. The summed E-state index contributed by atoms with van der Waals surface area (Å²) in [5, 5.41) is 31.7. The second-order valence-electron chi connectivity index (χ2n) is 8.61. The van der Waals surface area contributed by atoms with E-state index in [-0.39, 0.29) is 5.41 Å². The van der Waals surface area contributed by atoms with Gasteiger partial charge in [0.1, 0.15) is 10.4 Å². The summed E-state index contributed by atoms with van der Waals surface area (Å²) in [6.45, 7) is 5.19. The van der Waals surface area contributed by atoms with Crippen LogP contribution in [0, 0.1) is 11.3 Å². The lowest BCUT2D eigenvalue weighted by Crippen LogP contribution is -2.56. The molecule has 0 bridgehead atoms. The molecule has 3 rings (SSSR count). The Hall–Kier alpha value is -1.54. The number of nitrogens with zero attached hydrogens (tertiary/aromatic N) is 1. The van der Waals surface area contributed by atoms with Crippen molar-refractivity contribution in [1.29, 1.82) is 0 Å². The summed E-state index contributed by atoms with van der Waals surface area (Å²) < 4.78 is 0. The summed E-state index contributed by atoms with van der Waals surface area (Å²) in [6, 6.07) is 3.93. The lowest BCUT2D eigenvalue weighted by Gasteiger charge is -2.34. The maximum atomic E-state index is 12.5. The van der Waals surface area contributed by atoms with E-state index < -0.39 is 31.3 Å². The molecule has 0 spiro atoms. The SMILES string of the molecule is CC(C)(C)C1CCc2nc3sc(C(=O)NC(CO)(CO)CO)cc3cc2C1. The number of aryl methyl sites for hydroxylation is 1. The molecular weight excluding hydrogens is 364 g/mol. The Kier molecular flexibility index (Phi) is 5.59. The van der Waals surface area contributed by atoms with E-state index in [1.807, 2.05) is 0 Å². The van der Waals surface area contributed by atoms with Gasteiger partial charge in [0.2, 0.25) is 0 Å². The summed E-state index contributed by atoms with van der Waals surface area (Å²) in [7, 11) is 0. The molecule has 0 radical (unpaired) electrons. The number of aliphatic hydroxyl groups excluding tert-OH is 3. The van der Waals surface area contributed by atoms with Gasteiger partial charge in [0.25, 0.3) is 5.91 Å². The molecule has 0 saturated carbocycles. The molecule has 27 heavy (non-hydrogen) atoms. The molecule has 0 aromatic carbocycles. The number of nitrogens with one attached hydrogen (secondary N) is 1. The third-order valence-corrected chi connectivity index (χ3v) is 6.65. The summed E-state index contributed by atoms with van der Waals surface area (Å²) >= 11 is 1.29. The van der Waals surface area contributed by atoms with Crippen LogP contribution in [-0.2, 0) is 12.8 Å². The zero-order valence-corrected chi connectivity index (χ0v) is 16.9. The van der Waals surface area contributed by atoms with Crippen molar-refractivity contribution in [3.63, 3.8) is 0 Å². The van der Waals surface area contributed by atoms with Crippen molar-refractivity contribution in [2.45, 2.75) is 45.6 Å². The van der Waals surface area contributed by atoms with Crippen molar-refractivity contribution in [1.82, 2.24) is 10.3 Å². The molecule has 1 aliphatic rings. The van der Waals surface area contributed by atoms with Crippen LogP contribution in [0.15, 0.2) is 12.1 Å². The smallest absolute Gasteiger partial charge is 0.262 e. The molecule has 0 aliphatic heterocycles. The first kappa shape index (κ1) is 20.2. The van der Waals surface area contributed by atoms with E-state index in [1.54, 1.807) is 6.07 Å². The number of fused-ring (bicyclic) bond motifs is 2. The predicted octanol–water partition coefficient (Wildman–Crippen LogP) is 1.89. The van der Waals surface area contributed by atoms with Crippen LogP contribution in [0.25, 0.3) is 10.2 Å². The molecule has 6 nitrogen and oxygen atoms in total. The third kappa shape index (κ3) is 4.01. The second-order valence-corrected chi connectivity index (χ2v) is 9.64. The van der Waals surface area contributed by atoms with Crippen LogP contribution in [0.3, 0.4) is 0 Å². The Balaban J connectivity index is 1.87. The van der Waals surface area contributed by atoms with E-state index in [1.165, 1.54) is 16.9 Å². The molecule has 0 fully saturated rings. The van der Waals surface area contributed by atoms with Crippen LogP contribution in [0.2, 0.25) is 0 Å². The van der Waals surface area contributed by atoms with Gasteiger partial charge < -0.3 is 20.6 Å². The summed E-state index contributed by atoms with van der Waals surface area (Å²) in [4.78, 5) is 18.6. The van der Waals surface area contributed by atoms with E-state index in [4.69, 9.17) is 4.98 Å². The van der Waals surface area contributed by atoms with Crippen LogP contribution < -0.4 is 5.32 Å². The molecule has 2 heterocycles. The minimum absolute atomic E-state index is 0.258. The number of aliphatic hydroxyl groups is 3. The predicted molar refractivity (Wildman–Crippen MR) is 106 cm³/mol. The lowest BCUT2D eigenvalue weighted by atomic mass is 9.71. The average molecular weight is 393 g/mol. The van der Waals surface area contributed by atoms with Crippen molar-refractivity contribution in [3.05, 3.63) is 28.3 Å². The van der Waals surface area contributed by atoms with Gasteiger partial charge in [-0.2, -0.15) is 0 Å². The normalized spacial score (nSPS) is 17.8. The Labute approximate surface area is 163 Å². The van der Waals surface area contributed by atoms with Crippen molar-refractivity contribution in [3.8, 4) is 0 Å². The zero-order chi connectivity index (χ0) is 19.8. The molecule has 1 unspecified atom stereocenters. The highest BCUT2D eigenvalue weighted by Crippen LogP contribution is 2.38. The fourth-order valence-electron chi connectivity index (χ4n) is 3.55. The van der Waals surface area contributed by atoms with Gasteiger partial charge in [-0.1, -0.05) is 20.8 Å². The van der Waals surface area contributed by atoms with Gasteiger partial charge in [-0.05, 0) is 48.3 Å². The van der Waals surface area contributed by atoms with E-state index in [0.717, 1.165) is 35.2 Å². The third-order valence-electron chi connectivity index (χ3n) is 5.61. The quantitative estimate of drug-likeness (QED) is 0.622. The largest absolute Gasteiger partial charge is 0.394 e. The van der Waals surface area contributed by atoms with Crippen molar-refractivity contribution in [2.75, 3.05) is 19.8 Å². The van der Waals surface area contributed by atoms with Gasteiger partial charge in [-0.3, -0.25) is 4.79 Å². The van der Waals surface area contributed by atoms with Gasteiger partial charge in [-0.25, -0.2) is 4.98 Å². The lowest BCUT2D eigenvalue weighted by molar-refractivity contribution is 0.0377. The molecule has 7 heteroatoms. The molecule has 1 aliphatic carbocycles. The van der Waals surface area contributed by atoms with Crippen LogP contribution in [0.1, 0.15) is 48.1 Å². The molecular formula is C20H28N2O4S. The number of rotatable bonds is 5. The van der Waals surface area contributed by atoms with Crippen molar-refractivity contribution < 1.29 is 20.1 Å². The Bertz CT molecular complexity index is 828. The molecule has 2 aromatic rings. The Morgan fingerprint density at radius 1 is 1.22 bits per heavy atom. The number of hydrogen-bond acceptors (Lipinski definition) is 6. The number of amides is 1. The average Bonchev–Trinajstić information content (AvgIpc) is 3.06. The summed E-state index contributed by atoms with van der Waals surface area (Å²) in [5.74, 6) is 0.186. The van der Waals surface area contributed by atoms with Gasteiger partial charge in [-0.15, -0.1) is 11.3 Å². The Morgan fingerprint density at radius 3 is 2.48 bits per heavy atom. The zero-order valence-electron chi connectivity index (χ0n) is 16.1. The first-order chi connectivity index (χ1) is 12.7. The topological polar surface area (TPSA) is 103 Å². The van der Waals surface area contributed by atoms with Gasteiger partial charge in [0, 0.05) is 11.1 Å². The Morgan fingerprint density at radius 2 is 1.89 bits per heavy atom. The fraction of sp³-hybridized carbons (Fsp3) is 0.600. The maximum Gasteiger partial charge on any atom is 0.262 e. The number of aromatic nitrogens is 1. The molecule has 148 valence electrons. The minimum atomic E-state index is -1.43. The van der Waals surface area contributed by atoms with E-state index in [9.17, 15) is 20.1 Å². The van der Waals surface area contributed by atoms with Crippen LogP contribution >= 0.6 is 11.3 Å². The monoisotopic (exact) mass is 392 g/mol. The molecule has 1 atom stereocenters. The number of thiophene rings is 1. The van der Waals surface area contributed by atoms with Crippen LogP contribution in [0.5, 0.6) is 0 Å². The first-order valence-corrected chi connectivity index (χ1v) is 10.1. The summed E-state index contributed by atoms with van der Waals surface area (Å²) in [6.07, 6.45) is 3.08. The highest BCUT2D eigenvalue weighted by Gasteiger charge is 2.32. The number of carbonyl (C=O) groups is 1. The fourth-order valence-corrected chi connectivity index (χ4v) is 4.47. The highest BCUT2D eigenvalue weighted by molar-refractivity contribution is 7.20. The van der Waals surface area contributed by atoms with Crippen LogP contribution in [-0.4, -0.2) is 51.6 Å². The van der Waals surface area contributed by atoms with Crippen molar-refractivity contribution in [2.24, 2.45) is 11.3 Å². The van der Waals surface area contributed by atoms with E-state index in [0.29, 0.717) is 10.8 Å². The van der Waals surface area contributed by atoms with Gasteiger partial charge in [0.15, 0.2) is 0 Å². The molecule has 4 N–H and O–H groups in total. The molecule has 1 amide bonds. The second kappa shape index (κ2) is 7.47. The number of hydrogen-bond donors (Lipinski definition) is 4. The minimum Gasteiger partial charge on any atom is -0.394 e. The standard InChI is InChI=1S/C20H28N2O4S/c1-19(2,3)14-4-5-15-12(7-14)6-13-8-16(27-18(13)21-15)17(26)22-20(9-23,10-24)11-25/h6,8,14,23-25H,4-5,7,9-11H2,1-3H3,(H,22,26). The summed E-state index contributed by atoms with van der Waals surface area (Å²) in [5.41, 5.74) is 1.20. The number of carbonyl (C=O) groups excluding carboxylic acids is 1. The molecule has 0 saturated heterocycles. The van der Waals surface area contributed by atoms with Crippen molar-refractivity contribution >= 4 is 27.5 Å². The van der Waals surface area contributed by atoms with E-state index in [2.05, 4.69) is 32.2 Å². The van der Waals surface area contributed by atoms with E-state index >= 15 is 0 Å². The number of pyridine rings is 1. The first-order valence-electron chi connectivity index (χ1n) is 9.29. The van der Waals surface area contributed by atoms with Crippen LogP contribution in [0.4, 0.5) is 0 Å². The highest BCUT2D eigenvalue weighted by atomic mass is 32.1. The van der Waals surface area contributed by atoms with Gasteiger partial charge >= 0.3 is 0 Å². The maximum absolute atomic E-state index is 12.5.